The van der Waals surface area contributed by atoms with Crippen LogP contribution in [0.2, 0.25) is 0 Å². The van der Waals surface area contributed by atoms with Gasteiger partial charge < -0.3 is 9.84 Å². The van der Waals surface area contributed by atoms with Gasteiger partial charge in [0.15, 0.2) is 0 Å². The van der Waals surface area contributed by atoms with Gasteiger partial charge in [0.2, 0.25) is 0 Å². The highest BCUT2D eigenvalue weighted by molar-refractivity contribution is 5.91. The number of ether oxygens (including phenoxy) is 1. The lowest BCUT2D eigenvalue weighted by molar-refractivity contribution is 0.0693. The molecule has 0 aliphatic rings. The lowest BCUT2D eigenvalue weighted by Gasteiger charge is -2.08. The first-order valence-corrected chi connectivity index (χ1v) is 5.33. The predicted molar refractivity (Wildman–Crippen MR) is 64.6 cm³/mol. The number of carboxylic acids is 1. The van der Waals surface area contributed by atoms with Crippen LogP contribution in [0.1, 0.15) is 15.9 Å². The fourth-order valence-corrected chi connectivity index (χ4v) is 1.49. The molecule has 0 saturated carbocycles. The number of hydrogen-bond acceptors (Lipinski definition) is 2. The summed E-state index contributed by atoms with van der Waals surface area (Å²) in [6, 6.07) is 10.5. The van der Waals surface area contributed by atoms with Gasteiger partial charge in [0.1, 0.15) is 22.9 Å². The molecule has 2 rings (SSSR count). The van der Waals surface area contributed by atoms with E-state index in [1.54, 1.807) is 12.1 Å². The topological polar surface area (TPSA) is 46.5 Å². The zero-order chi connectivity index (χ0) is 13.1. The maximum Gasteiger partial charge on any atom is 0.339 e. The lowest BCUT2D eigenvalue weighted by Crippen LogP contribution is -2.00. The Balaban J connectivity index is 2.34. The van der Waals surface area contributed by atoms with Crippen LogP contribution in [0.3, 0.4) is 0 Å². The first kappa shape index (κ1) is 12.1. The van der Waals surface area contributed by atoms with Crippen LogP contribution in [0.25, 0.3) is 0 Å². The first-order valence-electron chi connectivity index (χ1n) is 5.33. The van der Waals surface area contributed by atoms with Crippen molar-refractivity contribution in [3.8, 4) is 11.5 Å². The number of halogens is 1. The Labute approximate surface area is 103 Å². The second-order valence-corrected chi connectivity index (χ2v) is 3.86. The summed E-state index contributed by atoms with van der Waals surface area (Å²) in [7, 11) is 0. The Kier molecular flexibility index (Phi) is 3.28. The van der Waals surface area contributed by atoms with Crippen LogP contribution in [0.15, 0.2) is 42.5 Å². The van der Waals surface area contributed by atoms with Crippen molar-refractivity contribution in [2.45, 2.75) is 6.92 Å². The maximum atomic E-state index is 13.0. The van der Waals surface area contributed by atoms with Gasteiger partial charge in [-0.05, 0) is 37.3 Å². The Morgan fingerprint density at radius 2 is 1.83 bits per heavy atom. The van der Waals surface area contributed by atoms with Gasteiger partial charge >= 0.3 is 5.97 Å². The highest BCUT2D eigenvalue weighted by Crippen LogP contribution is 2.26. The smallest absolute Gasteiger partial charge is 0.339 e. The highest BCUT2D eigenvalue weighted by Gasteiger charge is 2.13. The van der Waals surface area contributed by atoms with E-state index >= 15 is 0 Å². The molecule has 0 heterocycles. The van der Waals surface area contributed by atoms with E-state index in [2.05, 4.69) is 0 Å². The average Bonchev–Trinajstić information content (AvgIpc) is 2.34. The van der Waals surface area contributed by atoms with E-state index in [0.717, 1.165) is 17.7 Å². The molecule has 0 aromatic heterocycles. The van der Waals surface area contributed by atoms with Crippen molar-refractivity contribution >= 4 is 5.97 Å². The zero-order valence-electron chi connectivity index (χ0n) is 9.68. The van der Waals surface area contributed by atoms with Crippen LogP contribution in [0, 0.1) is 12.7 Å². The molecule has 0 bridgehead atoms. The minimum atomic E-state index is -1.23. The molecule has 1 N–H and O–H groups in total. The molecule has 3 nitrogen and oxygen atoms in total. The van der Waals surface area contributed by atoms with E-state index in [1.807, 2.05) is 19.1 Å². The van der Waals surface area contributed by atoms with Crippen LogP contribution in [0.5, 0.6) is 11.5 Å². The van der Waals surface area contributed by atoms with Crippen molar-refractivity contribution in [1.29, 1.82) is 0 Å². The molecule has 0 spiro atoms. The van der Waals surface area contributed by atoms with E-state index in [9.17, 15) is 9.18 Å². The van der Waals surface area contributed by atoms with Crippen LogP contribution in [-0.2, 0) is 0 Å². The zero-order valence-corrected chi connectivity index (χ0v) is 9.68. The van der Waals surface area contributed by atoms with Crippen molar-refractivity contribution in [2.24, 2.45) is 0 Å². The quantitative estimate of drug-likeness (QED) is 0.899. The third-order valence-electron chi connectivity index (χ3n) is 2.42. The number of carboxylic acid groups (broad SMARTS) is 1. The van der Waals surface area contributed by atoms with Crippen LogP contribution in [0.4, 0.5) is 4.39 Å². The van der Waals surface area contributed by atoms with Crippen molar-refractivity contribution in [3.05, 3.63) is 59.4 Å². The molecule has 0 fully saturated rings. The van der Waals surface area contributed by atoms with Gasteiger partial charge in [-0.3, -0.25) is 0 Å². The van der Waals surface area contributed by atoms with Gasteiger partial charge in [0.05, 0.1) is 0 Å². The maximum absolute atomic E-state index is 13.0. The van der Waals surface area contributed by atoms with Crippen molar-refractivity contribution in [1.82, 2.24) is 0 Å². The SMILES string of the molecule is Cc1ccc(Oc2ccc(F)cc2C(=O)O)cc1. The highest BCUT2D eigenvalue weighted by atomic mass is 19.1. The Bertz CT molecular complexity index is 576. The van der Waals surface area contributed by atoms with Gasteiger partial charge in [0.25, 0.3) is 0 Å². The Morgan fingerprint density at radius 1 is 1.17 bits per heavy atom. The second kappa shape index (κ2) is 4.87. The molecule has 0 aliphatic heterocycles. The molecule has 4 heteroatoms. The molecule has 18 heavy (non-hydrogen) atoms. The number of rotatable bonds is 3. The molecule has 0 aliphatic carbocycles. The van der Waals surface area contributed by atoms with Crippen LogP contribution >= 0.6 is 0 Å². The predicted octanol–water partition coefficient (Wildman–Crippen LogP) is 3.62. The summed E-state index contributed by atoms with van der Waals surface area (Å²) in [6.07, 6.45) is 0. The molecular weight excluding hydrogens is 235 g/mol. The molecule has 0 saturated heterocycles. The molecule has 92 valence electrons. The van der Waals surface area contributed by atoms with Gasteiger partial charge in [-0.15, -0.1) is 0 Å². The summed E-state index contributed by atoms with van der Waals surface area (Å²) < 4.78 is 18.4. The minimum Gasteiger partial charge on any atom is -0.478 e. The molecule has 0 unspecified atom stereocenters. The van der Waals surface area contributed by atoms with Crippen LogP contribution in [-0.4, -0.2) is 11.1 Å². The van der Waals surface area contributed by atoms with E-state index < -0.39 is 11.8 Å². The van der Waals surface area contributed by atoms with E-state index in [0.29, 0.717) is 5.75 Å². The summed E-state index contributed by atoms with van der Waals surface area (Å²) in [5, 5.41) is 8.97. The van der Waals surface area contributed by atoms with Gasteiger partial charge in [-0.25, -0.2) is 9.18 Å². The van der Waals surface area contributed by atoms with E-state index in [4.69, 9.17) is 9.84 Å². The van der Waals surface area contributed by atoms with Gasteiger partial charge in [-0.1, -0.05) is 17.7 Å². The number of aryl methyl sites for hydroxylation is 1. The number of aromatic carboxylic acids is 1. The Morgan fingerprint density at radius 3 is 2.44 bits per heavy atom. The molecule has 2 aromatic carbocycles. The van der Waals surface area contributed by atoms with Crippen molar-refractivity contribution in [2.75, 3.05) is 0 Å². The standard InChI is InChI=1S/C14H11FO3/c1-9-2-5-11(6-3-9)18-13-7-4-10(15)8-12(13)14(16)17/h2-8H,1H3,(H,16,17). The molecule has 0 radical (unpaired) electrons. The average molecular weight is 246 g/mol. The second-order valence-electron chi connectivity index (χ2n) is 3.86. The van der Waals surface area contributed by atoms with E-state index in [1.165, 1.54) is 6.07 Å². The van der Waals surface area contributed by atoms with E-state index in [-0.39, 0.29) is 11.3 Å². The fourth-order valence-electron chi connectivity index (χ4n) is 1.49. The number of carbonyl (C=O) groups is 1. The summed E-state index contributed by atoms with van der Waals surface area (Å²) in [5.74, 6) is -1.21. The minimum absolute atomic E-state index is 0.118. The first-order chi connectivity index (χ1) is 8.56. The van der Waals surface area contributed by atoms with Crippen molar-refractivity contribution < 1.29 is 19.0 Å². The largest absolute Gasteiger partial charge is 0.478 e. The molecule has 0 amide bonds. The van der Waals surface area contributed by atoms with Gasteiger partial charge in [-0.2, -0.15) is 0 Å². The third-order valence-corrected chi connectivity index (χ3v) is 2.42. The summed E-state index contributed by atoms with van der Waals surface area (Å²) >= 11 is 0. The van der Waals surface area contributed by atoms with Gasteiger partial charge in [0, 0.05) is 0 Å². The normalized spacial score (nSPS) is 10.1. The fraction of sp³-hybridized carbons (Fsp3) is 0.0714. The number of hydrogen-bond donors (Lipinski definition) is 1. The third kappa shape index (κ3) is 2.66. The molecule has 0 atom stereocenters. The summed E-state index contributed by atoms with van der Waals surface area (Å²) in [4.78, 5) is 11.0. The van der Waals surface area contributed by atoms with Crippen LogP contribution < -0.4 is 4.74 Å². The lowest BCUT2D eigenvalue weighted by atomic mass is 10.2. The number of benzene rings is 2. The van der Waals surface area contributed by atoms with Crippen molar-refractivity contribution in [3.63, 3.8) is 0 Å². The Hall–Kier alpha value is -2.36. The molecular formula is C14H11FO3. The summed E-state index contributed by atoms with van der Waals surface area (Å²) in [5.41, 5.74) is 0.871. The summed E-state index contributed by atoms with van der Waals surface area (Å²) in [6.45, 7) is 1.93. The monoisotopic (exact) mass is 246 g/mol. The molecule has 2 aromatic rings.